The van der Waals surface area contributed by atoms with Gasteiger partial charge in [-0.05, 0) is 36.6 Å². The molecule has 0 saturated carbocycles. The number of halogens is 2. The first-order valence-electron chi connectivity index (χ1n) is 11.0. The van der Waals surface area contributed by atoms with Gasteiger partial charge >= 0.3 is 0 Å². The molecule has 2 aliphatic rings. The number of ether oxygens (including phenoxy) is 1. The fraction of sp³-hybridized carbons (Fsp3) is 0.435. The van der Waals surface area contributed by atoms with Crippen molar-refractivity contribution in [2.75, 3.05) is 31.2 Å². The van der Waals surface area contributed by atoms with Crippen LogP contribution in [0.4, 0.5) is 14.6 Å². The predicted octanol–water partition coefficient (Wildman–Crippen LogP) is 2.23. The lowest BCUT2D eigenvalue weighted by Crippen LogP contribution is -2.57. The summed E-state index contributed by atoms with van der Waals surface area (Å²) >= 11 is 0. The lowest BCUT2D eigenvalue weighted by atomic mass is 10.0. The Morgan fingerprint density at radius 1 is 1.29 bits per heavy atom. The number of fused-ring (bicyclic) bond motifs is 3. The second kappa shape index (κ2) is 8.61. The maximum Gasteiger partial charge on any atom is 0.299 e. The molecule has 2 unspecified atom stereocenters. The molecule has 9 nitrogen and oxygen atoms in total. The van der Waals surface area contributed by atoms with Gasteiger partial charge in [-0.15, -0.1) is 0 Å². The Hall–Kier alpha value is -3.65. The number of amides is 1. The van der Waals surface area contributed by atoms with Crippen LogP contribution in [0.2, 0.25) is 0 Å². The first-order valence-corrected chi connectivity index (χ1v) is 11.0. The van der Waals surface area contributed by atoms with E-state index < -0.39 is 19.1 Å². The maximum absolute atomic E-state index is 14.8. The van der Waals surface area contributed by atoms with Gasteiger partial charge in [-0.2, -0.15) is 19.1 Å². The van der Waals surface area contributed by atoms with Crippen LogP contribution >= 0.6 is 0 Å². The molecular formula is C23H23F2N7O2. The highest BCUT2D eigenvalue weighted by Crippen LogP contribution is 2.37. The molecule has 2 bridgehead atoms. The Balaban J connectivity index is 1.21. The monoisotopic (exact) mass is 467 g/mol. The van der Waals surface area contributed by atoms with Gasteiger partial charge in [0.25, 0.3) is 5.92 Å². The van der Waals surface area contributed by atoms with Crippen LogP contribution in [0, 0.1) is 17.2 Å². The zero-order valence-electron chi connectivity index (χ0n) is 18.5. The van der Waals surface area contributed by atoms with Crippen molar-refractivity contribution in [2.24, 2.45) is 5.92 Å². The molecular weight excluding hydrogens is 444 g/mol. The lowest BCUT2D eigenvalue weighted by molar-refractivity contribution is -0.142. The molecule has 11 heteroatoms. The Morgan fingerprint density at radius 3 is 2.88 bits per heavy atom. The summed E-state index contributed by atoms with van der Waals surface area (Å²) in [4.78, 5) is 25.0. The number of piperazine rings is 1. The fourth-order valence-electron chi connectivity index (χ4n) is 4.96. The van der Waals surface area contributed by atoms with Crippen molar-refractivity contribution in [3.8, 4) is 6.07 Å². The summed E-state index contributed by atoms with van der Waals surface area (Å²) in [6.45, 7) is 1.73. The number of pyridine rings is 2. The van der Waals surface area contributed by atoms with E-state index in [0.29, 0.717) is 24.6 Å². The SMILES string of the molecule is C[C@H]1CC2CN(C(=O)COCC(F)(F)c3cccn4ncnc34)CC1N2c1ccc(C#N)cn1. The molecule has 2 saturated heterocycles. The van der Waals surface area contributed by atoms with Gasteiger partial charge < -0.3 is 14.5 Å². The van der Waals surface area contributed by atoms with Crippen LogP contribution in [0.3, 0.4) is 0 Å². The van der Waals surface area contributed by atoms with Gasteiger partial charge in [0.15, 0.2) is 5.65 Å². The van der Waals surface area contributed by atoms with E-state index in [2.05, 4.69) is 33.0 Å². The Bertz CT molecular complexity index is 1240. The third-order valence-electron chi connectivity index (χ3n) is 6.59. The van der Waals surface area contributed by atoms with Crippen molar-refractivity contribution in [1.82, 2.24) is 24.5 Å². The van der Waals surface area contributed by atoms with E-state index in [9.17, 15) is 13.6 Å². The largest absolute Gasteiger partial charge is 0.365 e. The zero-order chi connectivity index (χ0) is 23.9. The summed E-state index contributed by atoms with van der Waals surface area (Å²) in [6.07, 6.45) is 5.19. The molecule has 3 aromatic heterocycles. The van der Waals surface area contributed by atoms with Gasteiger partial charge in [0.1, 0.15) is 31.4 Å². The number of likely N-dealkylation sites (tertiary alicyclic amines) is 1. The van der Waals surface area contributed by atoms with Crippen LogP contribution in [-0.4, -0.2) is 68.8 Å². The van der Waals surface area contributed by atoms with Crippen LogP contribution in [0.1, 0.15) is 24.5 Å². The summed E-state index contributed by atoms with van der Waals surface area (Å²) in [5.74, 6) is -2.50. The number of carbonyl (C=O) groups is 1. The van der Waals surface area contributed by atoms with E-state index in [1.165, 1.54) is 29.2 Å². The van der Waals surface area contributed by atoms with E-state index in [4.69, 9.17) is 10.00 Å². The molecule has 3 atom stereocenters. The molecule has 0 spiro atoms. The van der Waals surface area contributed by atoms with Gasteiger partial charge in [-0.3, -0.25) is 4.79 Å². The quantitative estimate of drug-likeness (QED) is 0.548. The normalized spacial score (nSPS) is 22.2. The molecule has 1 amide bonds. The van der Waals surface area contributed by atoms with Crippen LogP contribution in [0.5, 0.6) is 0 Å². The number of hydrogen-bond donors (Lipinski definition) is 0. The summed E-state index contributed by atoms with van der Waals surface area (Å²) in [7, 11) is 0. The van der Waals surface area contributed by atoms with Crippen molar-refractivity contribution in [3.63, 3.8) is 0 Å². The standard InChI is InChI=1S/C23H23F2N7O2/c1-15-7-17-10-30(11-19(15)32(17)20-5-4-16(8-26)9-27-20)21(33)12-34-13-23(24,25)18-3-2-6-31-22(18)28-14-29-31/h2-6,9,14-15,17,19H,7,10-13H2,1H3/t15-,17?,19?/m0/s1. The number of rotatable bonds is 6. The van der Waals surface area contributed by atoms with E-state index in [1.54, 1.807) is 17.2 Å². The average Bonchev–Trinajstić information content (AvgIpc) is 3.39. The molecule has 5 rings (SSSR count). The van der Waals surface area contributed by atoms with Crippen LogP contribution < -0.4 is 4.90 Å². The molecule has 0 aromatic carbocycles. The third-order valence-corrected chi connectivity index (χ3v) is 6.59. The van der Waals surface area contributed by atoms with E-state index >= 15 is 0 Å². The third kappa shape index (κ3) is 3.94. The topological polar surface area (TPSA) is 99.7 Å². The van der Waals surface area contributed by atoms with Crippen molar-refractivity contribution in [2.45, 2.75) is 31.4 Å². The summed E-state index contributed by atoms with van der Waals surface area (Å²) in [6, 6.07) is 8.52. The van der Waals surface area contributed by atoms with Gasteiger partial charge in [-0.1, -0.05) is 6.92 Å². The molecule has 0 radical (unpaired) electrons. The van der Waals surface area contributed by atoms with Crippen molar-refractivity contribution >= 4 is 17.4 Å². The minimum Gasteiger partial charge on any atom is -0.365 e. The number of nitriles is 1. The maximum atomic E-state index is 14.8. The second-order valence-electron chi connectivity index (χ2n) is 8.80. The van der Waals surface area contributed by atoms with Crippen LogP contribution in [0.25, 0.3) is 5.65 Å². The van der Waals surface area contributed by atoms with Gasteiger partial charge in [-0.25, -0.2) is 14.5 Å². The molecule has 34 heavy (non-hydrogen) atoms. The number of carbonyl (C=O) groups excluding carboxylic acids is 1. The lowest BCUT2D eigenvalue weighted by Gasteiger charge is -2.42. The molecule has 5 heterocycles. The van der Waals surface area contributed by atoms with Crippen molar-refractivity contribution in [1.29, 1.82) is 5.26 Å². The summed E-state index contributed by atoms with van der Waals surface area (Å²) < 4.78 is 36.0. The highest BCUT2D eigenvalue weighted by Gasteiger charge is 2.46. The molecule has 176 valence electrons. The van der Waals surface area contributed by atoms with Gasteiger partial charge in [0.2, 0.25) is 5.91 Å². The second-order valence-corrected chi connectivity index (χ2v) is 8.80. The number of aromatic nitrogens is 4. The molecule has 2 aliphatic heterocycles. The Morgan fingerprint density at radius 2 is 2.15 bits per heavy atom. The minimum atomic E-state index is -3.32. The number of hydrogen-bond acceptors (Lipinski definition) is 7. The van der Waals surface area contributed by atoms with Gasteiger partial charge in [0.05, 0.1) is 17.2 Å². The number of nitrogens with zero attached hydrogens (tertiary/aromatic N) is 7. The van der Waals surface area contributed by atoms with E-state index in [0.717, 1.165) is 12.2 Å². The van der Waals surface area contributed by atoms with Gasteiger partial charge in [0, 0.05) is 31.5 Å². The average molecular weight is 467 g/mol. The van der Waals surface area contributed by atoms with Crippen molar-refractivity contribution in [3.05, 3.63) is 54.1 Å². The van der Waals surface area contributed by atoms with Crippen LogP contribution in [-0.2, 0) is 15.5 Å². The fourth-order valence-corrected chi connectivity index (χ4v) is 4.96. The minimum absolute atomic E-state index is 0.0560. The molecule has 3 aromatic rings. The van der Waals surface area contributed by atoms with Crippen molar-refractivity contribution < 1.29 is 18.3 Å². The molecule has 0 aliphatic carbocycles. The first kappa shape index (κ1) is 22.2. The van der Waals surface area contributed by atoms with E-state index in [-0.39, 0.29) is 29.2 Å². The predicted molar refractivity (Wildman–Crippen MR) is 117 cm³/mol. The Labute approximate surface area is 194 Å². The smallest absolute Gasteiger partial charge is 0.299 e. The Kier molecular flexibility index (Phi) is 5.61. The van der Waals surface area contributed by atoms with E-state index in [1.807, 2.05) is 6.07 Å². The van der Waals surface area contributed by atoms with Crippen LogP contribution in [0.15, 0.2) is 43.0 Å². The number of alkyl halides is 2. The zero-order valence-corrected chi connectivity index (χ0v) is 18.5. The summed E-state index contributed by atoms with van der Waals surface area (Å²) in [5.41, 5.74) is 0.253. The highest BCUT2D eigenvalue weighted by atomic mass is 19.3. The summed E-state index contributed by atoms with van der Waals surface area (Å²) in [5, 5.41) is 12.9. The first-order chi connectivity index (χ1) is 16.4. The molecule has 0 N–H and O–H groups in total. The number of anilines is 1. The molecule has 2 fully saturated rings. The highest BCUT2D eigenvalue weighted by molar-refractivity contribution is 5.78.